The SMILES string of the molecule is COc1ccc(-c2cnnn2-c2ccccc2)c(C=O)c1. The van der Waals surface area contributed by atoms with Crippen LogP contribution in [-0.4, -0.2) is 28.4 Å². The van der Waals surface area contributed by atoms with Crippen molar-refractivity contribution in [1.82, 2.24) is 15.0 Å². The first-order valence-electron chi connectivity index (χ1n) is 6.43. The van der Waals surface area contributed by atoms with Gasteiger partial charge in [-0.25, -0.2) is 4.68 Å². The number of hydrogen-bond donors (Lipinski definition) is 0. The Labute approximate surface area is 121 Å². The Balaban J connectivity index is 2.15. The van der Waals surface area contributed by atoms with E-state index in [9.17, 15) is 4.79 Å². The van der Waals surface area contributed by atoms with Gasteiger partial charge < -0.3 is 4.74 Å². The Bertz CT molecular complexity index is 766. The molecule has 0 aliphatic carbocycles. The molecule has 21 heavy (non-hydrogen) atoms. The number of rotatable bonds is 4. The third-order valence-electron chi connectivity index (χ3n) is 3.21. The molecule has 0 amide bonds. The lowest BCUT2D eigenvalue weighted by Gasteiger charge is -2.09. The molecule has 3 rings (SSSR count). The number of nitrogens with zero attached hydrogens (tertiary/aromatic N) is 3. The highest BCUT2D eigenvalue weighted by atomic mass is 16.5. The second-order valence-electron chi connectivity index (χ2n) is 4.44. The Morgan fingerprint density at radius 2 is 1.95 bits per heavy atom. The summed E-state index contributed by atoms with van der Waals surface area (Å²) in [6, 6.07) is 15.0. The fraction of sp³-hybridized carbons (Fsp3) is 0.0625. The van der Waals surface area contributed by atoms with Crippen LogP contribution in [-0.2, 0) is 0 Å². The smallest absolute Gasteiger partial charge is 0.150 e. The van der Waals surface area contributed by atoms with Crippen LogP contribution in [0.25, 0.3) is 16.9 Å². The molecule has 0 spiro atoms. The van der Waals surface area contributed by atoms with E-state index in [0.29, 0.717) is 11.3 Å². The van der Waals surface area contributed by atoms with Gasteiger partial charge in [0, 0.05) is 11.1 Å². The zero-order valence-electron chi connectivity index (χ0n) is 11.4. The number of para-hydroxylation sites is 1. The zero-order chi connectivity index (χ0) is 14.7. The second-order valence-corrected chi connectivity index (χ2v) is 4.44. The Kier molecular flexibility index (Phi) is 3.47. The van der Waals surface area contributed by atoms with Gasteiger partial charge in [0.15, 0.2) is 6.29 Å². The van der Waals surface area contributed by atoms with Gasteiger partial charge in [-0.1, -0.05) is 23.4 Å². The van der Waals surface area contributed by atoms with Crippen molar-refractivity contribution in [1.29, 1.82) is 0 Å². The number of benzene rings is 2. The molecular formula is C16H13N3O2. The van der Waals surface area contributed by atoms with Crippen molar-refractivity contribution in [3.63, 3.8) is 0 Å². The first kappa shape index (κ1) is 13.1. The number of aldehydes is 1. The van der Waals surface area contributed by atoms with Crippen LogP contribution >= 0.6 is 0 Å². The Morgan fingerprint density at radius 1 is 1.14 bits per heavy atom. The highest BCUT2D eigenvalue weighted by molar-refractivity contribution is 5.87. The molecule has 104 valence electrons. The van der Waals surface area contributed by atoms with Crippen LogP contribution in [0, 0.1) is 0 Å². The first-order valence-corrected chi connectivity index (χ1v) is 6.43. The van der Waals surface area contributed by atoms with E-state index in [1.807, 2.05) is 42.5 Å². The van der Waals surface area contributed by atoms with Crippen LogP contribution in [0.3, 0.4) is 0 Å². The van der Waals surface area contributed by atoms with E-state index >= 15 is 0 Å². The normalized spacial score (nSPS) is 10.3. The van der Waals surface area contributed by atoms with E-state index in [0.717, 1.165) is 23.2 Å². The lowest BCUT2D eigenvalue weighted by molar-refractivity contribution is 0.112. The van der Waals surface area contributed by atoms with Crippen molar-refractivity contribution in [2.24, 2.45) is 0 Å². The summed E-state index contributed by atoms with van der Waals surface area (Å²) < 4.78 is 6.85. The number of carbonyl (C=O) groups excluding carboxylic acids is 1. The molecule has 0 radical (unpaired) electrons. The van der Waals surface area contributed by atoms with Gasteiger partial charge in [0.25, 0.3) is 0 Å². The molecule has 3 aromatic rings. The van der Waals surface area contributed by atoms with Crippen LogP contribution in [0.2, 0.25) is 0 Å². The van der Waals surface area contributed by atoms with E-state index in [-0.39, 0.29) is 0 Å². The lowest BCUT2D eigenvalue weighted by atomic mass is 10.1. The average molecular weight is 279 g/mol. The molecule has 1 heterocycles. The van der Waals surface area contributed by atoms with Gasteiger partial charge in [-0.2, -0.15) is 0 Å². The minimum atomic E-state index is 0.536. The fourth-order valence-corrected chi connectivity index (χ4v) is 2.18. The van der Waals surface area contributed by atoms with Gasteiger partial charge in [-0.3, -0.25) is 4.79 Å². The van der Waals surface area contributed by atoms with Crippen molar-refractivity contribution in [2.45, 2.75) is 0 Å². The van der Waals surface area contributed by atoms with E-state index in [1.54, 1.807) is 24.1 Å². The van der Waals surface area contributed by atoms with Crippen molar-refractivity contribution in [3.05, 3.63) is 60.3 Å². The zero-order valence-corrected chi connectivity index (χ0v) is 11.4. The van der Waals surface area contributed by atoms with Crippen molar-refractivity contribution in [3.8, 4) is 22.7 Å². The number of carbonyl (C=O) groups is 1. The highest BCUT2D eigenvalue weighted by Gasteiger charge is 2.13. The van der Waals surface area contributed by atoms with Gasteiger partial charge in [-0.05, 0) is 30.3 Å². The van der Waals surface area contributed by atoms with E-state index in [4.69, 9.17) is 4.74 Å². The minimum absolute atomic E-state index is 0.536. The summed E-state index contributed by atoms with van der Waals surface area (Å²) in [7, 11) is 1.57. The van der Waals surface area contributed by atoms with Gasteiger partial charge in [0.05, 0.1) is 24.7 Å². The molecule has 0 saturated carbocycles. The second kappa shape index (κ2) is 5.58. The number of ether oxygens (including phenoxy) is 1. The summed E-state index contributed by atoms with van der Waals surface area (Å²) in [4.78, 5) is 11.3. The standard InChI is InChI=1S/C16H13N3O2/c1-21-14-7-8-15(12(9-14)11-20)16-10-17-18-19(16)13-5-3-2-4-6-13/h2-11H,1H3. The van der Waals surface area contributed by atoms with Gasteiger partial charge >= 0.3 is 0 Å². The molecule has 0 atom stereocenters. The monoisotopic (exact) mass is 279 g/mol. The van der Waals surface area contributed by atoms with E-state index in [1.165, 1.54) is 0 Å². The summed E-state index contributed by atoms with van der Waals surface area (Å²) in [6.45, 7) is 0. The molecule has 0 unspecified atom stereocenters. The van der Waals surface area contributed by atoms with Crippen LogP contribution in [0.1, 0.15) is 10.4 Å². The summed E-state index contributed by atoms with van der Waals surface area (Å²) in [6.07, 6.45) is 2.45. The Hall–Kier alpha value is -2.95. The molecule has 2 aromatic carbocycles. The van der Waals surface area contributed by atoms with Gasteiger partial charge in [0.2, 0.25) is 0 Å². The Morgan fingerprint density at radius 3 is 2.67 bits per heavy atom. The summed E-state index contributed by atoms with van der Waals surface area (Å²) >= 11 is 0. The molecular weight excluding hydrogens is 266 g/mol. The summed E-state index contributed by atoms with van der Waals surface area (Å²) in [5.41, 5.74) is 2.94. The third kappa shape index (κ3) is 2.41. The first-order chi connectivity index (χ1) is 10.3. The van der Waals surface area contributed by atoms with E-state index in [2.05, 4.69) is 10.3 Å². The quantitative estimate of drug-likeness (QED) is 0.689. The molecule has 5 heteroatoms. The molecule has 0 saturated heterocycles. The number of aromatic nitrogens is 3. The largest absolute Gasteiger partial charge is 0.497 e. The molecule has 1 aromatic heterocycles. The predicted molar refractivity (Wildman–Crippen MR) is 78.7 cm³/mol. The van der Waals surface area contributed by atoms with Crippen molar-refractivity contribution in [2.75, 3.05) is 7.11 Å². The maximum absolute atomic E-state index is 11.3. The lowest BCUT2D eigenvalue weighted by Crippen LogP contribution is -2.00. The van der Waals surface area contributed by atoms with Crippen LogP contribution < -0.4 is 4.74 Å². The fourth-order valence-electron chi connectivity index (χ4n) is 2.18. The molecule has 0 aliphatic heterocycles. The van der Waals surface area contributed by atoms with Gasteiger partial charge in [-0.15, -0.1) is 5.10 Å². The van der Waals surface area contributed by atoms with E-state index < -0.39 is 0 Å². The van der Waals surface area contributed by atoms with Crippen LogP contribution in [0.15, 0.2) is 54.7 Å². The topological polar surface area (TPSA) is 57.0 Å². The van der Waals surface area contributed by atoms with Crippen LogP contribution in [0.4, 0.5) is 0 Å². The molecule has 5 nitrogen and oxygen atoms in total. The van der Waals surface area contributed by atoms with Crippen LogP contribution in [0.5, 0.6) is 5.75 Å². The predicted octanol–water partition coefficient (Wildman–Crippen LogP) is 2.76. The summed E-state index contributed by atoms with van der Waals surface area (Å²) in [5, 5.41) is 8.06. The van der Waals surface area contributed by atoms with Crippen molar-refractivity contribution < 1.29 is 9.53 Å². The number of hydrogen-bond acceptors (Lipinski definition) is 4. The number of methoxy groups -OCH3 is 1. The maximum atomic E-state index is 11.3. The summed E-state index contributed by atoms with van der Waals surface area (Å²) in [5.74, 6) is 0.639. The minimum Gasteiger partial charge on any atom is -0.497 e. The average Bonchev–Trinajstić information content (AvgIpc) is 3.04. The molecule has 0 fully saturated rings. The van der Waals surface area contributed by atoms with Crippen molar-refractivity contribution >= 4 is 6.29 Å². The highest BCUT2D eigenvalue weighted by Crippen LogP contribution is 2.27. The van der Waals surface area contributed by atoms with Gasteiger partial charge in [0.1, 0.15) is 5.75 Å². The molecule has 0 N–H and O–H groups in total. The molecule has 0 bridgehead atoms. The molecule has 0 aliphatic rings. The third-order valence-corrected chi connectivity index (χ3v) is 3.21. The maximum Gasteiger partial charge on any atom is 0.150 e.